The number of amides is 2. The van der Waals surface area contributed by atoms with Crippen LogP contribution in [0.3, 0.4) is 0 Å². The molecule has 4 rings (SSSR count). The Morgan fingerprint density at radius 3 is 2.75 bits per heavy atom. The molecule has 3 aromatic rings. The molecule has 0 fully saturated rings. The number of hydrogen-bond acceptors (Lipinski definition) is 4. The first-order valence-corrected chi connectivity index (χ1v) is 10.8. The molecule has 1 aliphatic heterocycles. The zero-order valence-corrected chi connectivity index (χ0v) is 18.5. The van der Waals surface area contributed by atoms with Crippen LogP contribution in [0, 0.1) is 5.82 Å². The summed E-state index contributed by atoms with van der Waals surface area (Å²) in [5.41, 5.74) is 2.67. The normalized spacial score (nSPS) is 12.4. The van der Waals surface area contributed by atoms with Crippen LogP contribution in [0.2, 0.25) is 5.02 Å². The van der Waals surface area contributed by atoms with E-state index in [9.17, 15) is 14.0 Å². The third kappa shape index (κ3) is 4.18. The summed E-state index contributed by atoms with van der Waals surface area (Å²) in [5.74, 6) is -0.272. The Hall–Kier alpha value is -3.39. The smallest absolute Gasteiger partial charge is 0.258 e. The Morgan fingerprint density at radius 1 is 1.22 bits per heavy atom. The number of anilines is 3. The molecule has 0 radical (unpaired) electrons. The minimum atomic E-state index is -0.545. The van der Waals surface area contributed by atoms with Gasteiger partial charge in [0.15, 0.2) is 0 Å². The van der Waals surface area contributed by atoms with E-state index < -0.39 is 5.82 Å². The zero-order valence-electron chi connectivity index (χ0n) is 17.8. The predicted octanol–water partition coefficient (Wildman–Crippen LogP) is 4.63. The Morgan fingerprint density at radius 2 is 2.03 bits per heavy atom. The van der Waals surface area contributed by atoms with E-state index in [1.165, 1.54) is 12.1 Å². The molecule has 0 atom stereocenters. The fourth-order valence-corrected chi connectivity index (χ4v) is 3.80. The highest BCUT2D eigenvalue weighted by Gasteiger charge is 2.27. The van der Waals surface area contributed by atoms with Crippen molar-refractivity contribution in [1.82, 2.24) is 15.1 Å². The van der Waals surface area contributed by atoms with Gasteiger partial charge in [-0.05, 0) is 37.3 Å². The molecule has 7 nitrogen and oxygen atoms in total. The lowest BCUT2D eigenvalue weighted by atomic mass is 10.1. The number of aromatic nitrogens is 2. The predicted molar refractivity (Wildman–Crippen MR) is 122 cm³/mol. The van der Waals surface area contributed by atoms with Crippen LogP contribution in [-0.4, -0.2) is 21.6 Å². The summed E-state index contributed by atoms with van der Waals surface area (Å²) >= 11 is 6.20. The van der Waals surface area contributed by atoms with Crippen molar-refractivity contribution < 1.29 is 14.0 Å². The average molecular weight is 456 g/mol. The van der Waals surface area contributed by atoms with Gasteiger partial charge in [-0.3, -0.25) is 9.59 Å². The highest BCUT2D eigenvalue weighted by Crippen LogP contribution is 2.38. The first kappa shape index (κ1) is 21.8. The number of rotatable bonds is 5. The van der Waals surface area contributed by atoms with Gasteiger partial charge in [-0.25, -0.2) is 9.07 Å². The van der Waals surface area contributed by atoms with Gasteiger partial charge in [0, 0.05) is 41.2 Å². The lowest BCUT2D eigenvalue weighted by Crippen LogP contribution is -2.30. The molecule has 1 aromatic heterocycles. The second kappa shape index (κ2) is 9.00. The number of hydrogen-bond donors (Lipinski definition) is 2. The van der Waals surface area contributed by atoms with Gasteiger partial charge in [0.2, 0.25) is 5.91 Å². The second-order valence-electron chi connectivity index (χ2n) is 7.45. The zero-order chi connectivity index (χ0) is 22.8. The topological polar surface area (TPSA) is 79.3 Å². The molecular formula is C23H23ClFN5O2. The summed E-state index contributed by atoms with van der Waals surface area (Å²) in [5, 5.41) is 10.9. The van der Waals surface area contributed by atoms with Crippen molar-refractivity contribution in [3.8, 4) is 0 Å². The Balaban J connectivity index is 1.68. The second-order valence-corrected chi connectivity index (χ2v) is 7.88. The third-order valence-electron chi connectivity index (χ3n) is 5.39. The van der Waals surface area contributed by atoms with Gasteiger partial charge >= 0.3 is 0 Å². The van der Waals surface area contributed by atoms with E-state index >= 15 is 0 Å². The maximum absolute atomic E-state index is 14.7. The van der Waals surface area contributed by atoms with Gasteiger partial charge in [0.05, 0.1) is 24.1 Å². The van der Waals surface area contributed by atoms with Gasteiger partial charge in [-0.2, -0.15) is 5.10 Å². The molecule has 2 amide bonds. The van der Waals surface area contributed by atoms with Crippen LogP contribution in [0.15, 0.2) is 42.6 Å². The summed E-state index contributed by atoms with van der Waals surface area (Å²) in [6, 6.07) is 9.54. The van der Waals surface area contributed by atoms with Crippen molar-refractivity contribution in [2.45, 2.75) is 39.9 Å². The van der Waals surface area contributed by atoms with Crippen molar-refractivity contribution in [3.05, 3.63) is 70.1 Å². The Kier molecular flexibility index (Phi) is 6.14. The van der Waals surface area contributed by atoms with Crippen LogP contribution in [0.5, 0.6) is 0 Å². The average Bonchev–Trinajstić information content (AvgIpc) is 3.09. The molecule has 0 saturated carbocycles. The minimum Gasteiger partial charge on any atom is -0.352 e. The van der Waals surface area contributed by atoms with Gasteiger partial charge in [0.1, 0.15) is 11.6 Å². The van der Waals surface area contributed by atoms with Crippen molar-refractivity contribution in [2.75, 3.05) is 10.2 Å². The number of carbonyl (C=O) groups excluding carboxylic acids is 2. The molecule has 0 spiro atoms. The van der Waals surface area contributed by atoms with E-state index in [1.54, 1.807) is 42.3 Å². The maximum atomic E-state index is 14.7. The number of benzene rings is 2. The van der Waals surface area contributed by atoms with E-state index in [1.807, 2.05) is 11.6 Å². The molecule has 0 unspecified atom stereocenters. The van der Waals surface area contributed by atoms with Crippen molar-refractivity contribution >= 4 is 40.6 Å². The van der Waals surface area contributed by atoms with Gasteiger partial charge in [-0.15, -0.1) is 0 Å². The third-order valence-corrected chi connectivity index (χ3v) is 5.62. The fraction of sp³-hybridized carbons (Fsp3) is 0.261. The number of carbonyl (C=O) groups is 2. The maximum Gasteiger partial charge on any atom is 0.258 e. The summed E-state index contributed by atoms with van der Waals surface area (Å²) in [6.45, 7) is 4.71. The standard InChI is InChI=1S/C23H23ClFN5O2/c1-3-21(31)26-11-15-6-5-14(9-18(15)25)23(32)29-13-16-12-27-30(4-2)22(16)28-19-10-17(24)7-8-20(19)29/h5-10,12,28H,3-4,11,13H2,1-2H3,(H,26,31). The molecule has 166 valence electrons. The van der Waals surface area contributed by atoms with Crippen LogP contribution in [-0.2, 0) is 24.4 Å². The van der Waals surface area contributed by atoms with Crippen LogP contribution in [0.1, 0.15) is 41.8 Å². The van der Waals surface area contributed by atoms with Crippen LogP contribution in [0.4, 0.5) is 21.6 Å². The molecule has 2 heterocycles. The first-order valence-electron chi connectivity index (χ1n) is 10.4. The number of halogens is 2. The Labute approximate surface area is 190 Å². The quantitative estimate of drug-likeness (QED) is 0.588. The van der Waals surface area contributed by atoms with E-state index in [0.29, 0.717) is 34.9 Å². The first-order chi connectivity index (χ1) is 15.4. The molecule has 9 heteroatoms. The van der Waals surface area contributed by atoms with Crippen LogP contribution in [0.25, 0.3) is 0 Å². The lowest BCUT2D eigenvalue weighted by Gasteiger charge is -2.23. The molecule has 0 bridgehead atoms. The number of fused-ring (bicyclic) bond motifs is 2. The molecule has 0 aliphatic carbocycles. The highest BCUT2D eigenvalue weighted by molar-refractivity contribution is 6.31. The van der Waals surface area contributed by atoms with Crippen LogP contribution < -0.4 is 15.5 Å². The van der Waals surface area contributed by atoms with E-state index in [-0.39, 0.29) is 30.5 Å². The van der Waals surface area contributed by atoms with Crippen molar-refractivity contribution in [1.29, 1.82) is 0 Å². The largest absolute Gasteiger partial charge is 0.352 e. The summed E-state index contributed by atoms with van der Waals surface area (Å²) in [4.78, 5) is 26.5. The number of nitrogens with zero attached hydrogens (tertiary/aromatic N) is 3. The summed E-state index contributed by atoms with van der Waals surface area (Å²) < 4.78 is 16.5. The molecule has 1 aliphatic rings. The number of aryl methyl sites for hydroxylation is 1. The van der Waals surface area contributed by atoms with Gasteiger partial charge in [0.25, 0.3) is 5.91 Å². The molecule has 2 N–H and O–H groups in total. The van der Waals surface area contributed by atoms with E-state index in [4.69, 9.17) is 11.6 Å². The summed E-state index contributed by atoms with van der Waals surface area (Å²) in [7, 11) is 0. The SMILES string of the molecule is CCC(=O)NCc1ccc(C(=O)N2Cc3cnn(CC)c3Nc3cc(Cl)ccc32)cc1F. The van der Waals surface area contributed by atoms with E-state index in [2.05, 4.69) is 15.7 Å². The number of nitrogens with one attached hydrogen (secondary N) is 2. The highest BCUT2D eigenvalue weighted by atomic mass is 35.5. The fourth-order valence-electron chi connectivity index (χ4n) is 3.63. The Bertz CT molecular complexity index is 1190. The van der Waals surface area contributed by atoms with Gasteiger partial charge in [-0.1, -0.05) is 24.6 Å². The minimum absolute atomic E-state index is 0.0709. The lowest BCUT2D eigenvalue weighted by molar-refractivity contribution is -0.120. The van der Waals surface area contributed by atoms with Gasteiger partial charge < -0.3 is 15.5 Å². The molecular weight excluding hydrogens is 433 g/mol. The van der Waals surface area contributed by atoms with E-state index in [0.717, 1.165) is 11.4 Å². The molecule has 2 aromatic carbocycles. The van der Waals surface area contributed by atoms with Crippen LogP contribution >= 0.6 is 11.6 Å². The van der Waals surface area contributed by atoms with Crippen molar-refractivity contribution in [2.24, 2.45) is 0 Å². The summed E-state index contributed by atoms with van der Waals surface area (Å²) in [6.07, 6.45) is 2.04. The monoisotopic (exact) mass is 455 g/mol. The molecule has 32 heavy (non-hydrogen) atoms. The van der Waals surface area contributed by atoms with Crippen molar-refractivity contribution in [3.63, 3.8) is 0 Å². The molecule has 0 saturated heterocycles.